The lowest BCUT2D eigenvalue weighted by molar-refractivity contribution is -0.118. The Morgan fingerprint density at radius 1 is 1.19 bits per heavy atom. The lowest BCUT2D eigenvalue weighted by Gasteiger charge is -2.30. The van der Waals surface area contributed by atoms with E-state index >= 15 is 0 Å². The van der Waals surface area contributed by atoms with Gasteiger partial charge < -0.3 is 10.1 Å². The second-order valence-electron chi connectivity index (χ2n) is 6.07. The van der Waals surface area contributed by atoms with Crippen molar-refractivity contribution < 1.29 is 17.9 Å². The fourth-order valence-corrected chi connectivity index (χ4v) is 4.14. The molecule has 6 nitrogen and oxygen atoms in total. The van der Waals surface area contributed by atoms with E-state index in [4.69, 9.17) is 4.74 Å². The number of para-hydroxylation sites is 1. The predicted octanol–water partition coefficient (Wildman–Crippen LogP) is 2.81. The fourth-order valence-electron chi connectivity index (χ4n) is 2.95. The van der Waals surface area contributed by atoms with Crippen LogP contribution in [-0.4, -0.2) is 33.2 Å². The molecule has 1 amide bonds. The molecule has 0 fully saturated rings. The largest absolute Gasteiger partial charge is 0.484 e. The predicted molar refractivity (Wildman–Crippen MR) is 102 cm³/mol. The Kier molecular flexibility index (Phi) is 5.46. The van der Waals surface area contributed by atoms with Gasteiger partial charge in [-0.15, -0.1) is 0 Å². The van der Waals surface area contributed by atoms with Crippen LogP contribution >= 0.6 is 0 Å². The lowest BCUT2D eigenvalue weighted by Crippen LogP contribution is -2.36. The Morgan fingerprint density at radius 2 is 1.96 bits per heavy atom. The molecule has 1 heterocycles. The minimum Gasteiger partial charge on any atom is -0.484 e. The summed E-state index contributed by atoms with van der Waals surface area (Å²) in [5.41, 5.74) is 2.27. The van der Waals surface area contributed by atoms with Gasteiger partial charge >= 0.3 is 0 Å². The average molecular weight is 374 g/mol. The van der Waals surface area contributed by atoms with E-state index < -0.39 is 10.0 Å². The number of aryl methyl sites for hydroxylation is 1. The molecule has 0 spiro atoms. The van der Waals surface area contributed by atoms with Crippen molar-refractivity contribution in [1.29, 1.82) is 0 Å². The molecule has 0 radical (unpaired) electrons. The molecular formula is C19H22N2O4S. The van der Waals surface area contributed by atoms with Gasteiger partial charge in [-0.1, -0.05) is 18.2 Å². The van der Waals surface area contributed by atoms with Crippen molar-refractivity contribution in [3.8, 4) is 5.75 Å². The highest BCUT2D eigenvalue weighted by Gasteiger charge is 2.26. The minimum absolute atomic E-state index is 0.0712. The zero-order valence-electron chi connectivity index (χ0n) is 14.6. The van der Waals surface area contributed by atoms with Gasteiger partial charge in [-0.25, -0.2) is 8.42 Å². The molecule has 7 heteroatoms. The molecule has 138 valence electrons. The van der Waals surface area contributed by atoms with Crippen molar-refractivity contribution in [2.75, 3.05) is 28.5 Å². The van der Waals surface area contributed by atoms with E-state index in [1.165, 1.54) is 4.31 Å². The van der Waals surface area contributed by atoms with Gasteiger partial charge in [0.15, 0.2) is 6.61 Å². The Hall–Kier alpha value is -2.54. The zero-order chi connectivity index (χ0) is 18.6. The summed E-state index contributed by atoms with van der Waals surface area (Å²) in [4.78, 5) is 12.1. The molecule has 0 aromatic heterocycles. The number of anilines is 2. The number of carbonyl (C=O) groups is 1. The Bertz CT molecular complexity index is 882. The van der Waals surface area contributed by atoms with Gasteiger partial charge in [0.05, 0.1) is 11.4 Å². The van der Waals surface area contributed by atoms with Gasteiger partial charge in [-0.2, -0.15) is 0 Å². The highest BCUT2D eigenvalue weighted by molar-refractivity contribution is 7.92. The smallest absolute Gasteiger partial charge is 0.262 e. The van der Waals surface area contributed by atoms with Crippen LogP contribution in [-0.2, 0) is 21.2 Å². The SMILES string of the molecule is CCS(=O)(=O)N1CCCc2cc(NC(=O)COc3ccccc3)ccc21. The third kappa shape index (κ3) is 4.16. The molecule has 26 heavy (non-hydrogen) atoms. The lowest BCUT2D eigenvalue weighted by atomic mass is 10.0. The number of ether oxygens (including phenoxy) is 1. The third-order valence-electron chi connectivity index (χ3n) is 4.25. The van der Waals surface area contributed by atoms with Gasteiger partial charge in [0, 0.05) is 12.2 Å². The monoisotopic (exact) mass is 374 g/mol. The summed E-state index contributed by atoms with van der Waals surface area (Å²) in [6.07, 6.45) is 1.55. The molecule has 2 aromatic rings. The van der Waals surface area contributed by atoms with E-state index in [0.29, 0.717) is 23.7 Å². The van der Waals surface area contributed by atoms with E-state index in [2.05, 4.69) is 5.32 Å². The molecule has 0 saturated carbocycles. The quantitative estimate of drug-likeness (QED) is 0.844. The van der Waals surface area contributed by atoms with Gasteiger partial charge in [-0.05, 0) is 55.7 Å². The summed E-state index contributed by atoms with van der Waals surface area (Å²) in [6.45, 7) is 2.06. The highest BCUT2D eigenvalue weighted by Crippen LogP contribution is 2.31. The van der Waals surface area contributed by atoms with Crippen LogP contribution in [0.5, 0.6) is 5.75 Å². The van der Waals surface area contributed by atoms with Crippen LogP contribution in [0.3, 0.4) is 0 Å². The summed E-state index contributed by atoms with van der Waals surface area (Å²) in [5.74, 6) is 0.443. The van der Waals surface area contributed by atoms with Crippen LogP contribution in [0.2, 0.25) is 0 Å². The molecule has 3 rings (SSSR count). The van der Waals surface area contributed by atoms with Crippen molar-refractivity contribution in [3.05, 3.63) is 54.1 Å². The number of hydrogen-bond donors (Lipinski definition) is 1. The summed E-state index contributed by atoms with van der Waals surface area (Å²) in [5, 5.41) is 2.80. The summed E-state index contributed by atoms with van der Waals surface area (Å²) in [7, 11) is -3.28. The first kappa shape index (κ1) is 18.3. The number of nitrogens with one attached hydrogen (secondary N) is 1. The normalized spacial score (nSPS) is 13.8. The second-order valence-corrected chi connectivity index (χ2v) is 8.25. The van der Waals surface area contributed by atoms with Gasteiger partial charge in [0.2, 0.25) is 10.0 Å². The van der Waals surface area contributed by atoms with Crippen molar-refractivity contribution in [1.82, 2.24) is 0 Å². The number of hydrogen-bond acceptors (Lipinski definition) is 4. The van der Waals surface area contributed by atoms with Crippen LogP contribution in [0.25, 0.3) is 0 Å². The van der Waals surface area contributed by atoms with Gasteiger partial charge in [-0.3, -0.25) is 9.10 Å². The molecule has 0 bridgehead atoms. The Labute approximate surface area is 153 Å². The number of nitrogens with zero attached hydrogens (tertiary/aromatic N) is 1. The van der Waals surface area contributed by atoms with Crippen molar-refractivity contribution in [3.63, 3.8) is 0 Å². The van der Waals surface area contributed by atoms with Crippen molar-refractivity contribution in [2.45, 2.75) is 19.8 Å². The second kappa shape index (κ2) is 7.78. The van der Waals surface area contributed by atoms with E-state index in [1.54, 1.807) is 31.2 Å². The van der Waals surface area contributed by atoms with Crippen LogP contribution in [0.1, 0.15) is 18.9 Å². The Balaban J connectivity index is 1.68. The molecule has 1 N–H and O–H groups in total. The van der Waals surface area contributed by atoms with Crippen molar-refractivity contribution >= 4 is 27.3 Å². The maximum atomic E-state index is 12.2. The molecule has 1 aliphatic rings. The number of amides is 1. The molecule has 0 saturated heterocycles. The number of benzene rings is 2. The average Bonchev–Trinajstić information content (AvgIpc) is 2.66. The first-order valence-corrected chi connectivity index (χ1v) is 10.2. The first-order chi connectivity index (χ1) is 12.5. The summed E-state index contributed by atoms with van der Waals surface area (Å²) < 4.78 is 31.4. The maximum absolute atomic E-state index is 12.2. The van der Waals surface area contributed by atoms with Crippen LogP contribution in [0.15, 0.2) is 48.5 Å². The molecule has 1 aliphatic heterocycles. The summed E-state index contributed by atoms with van der Waals surface area (Å²) >= 11 is 0. The molecule has 2 aromatic carbocycles. The van der Waals surface area contributed by atoms with Crippen LogP contribution in [0, 0.1) is 0 Å². The van der Waals surface area contributed by atoms with Gasteiger partial charge in [0.25, 0.3) is 5.91 Å². The first-order valence-electron chi connectivity index (χ1n) is 8.60. The topological polar surface area (TPSA) is 75.7 Å². The Morgan fingerprint density at radius 3 is 2.69 bits per heavy atom. The maximum Gasteiger partial charge on any atom is 0.262 e. The fraction of sp³-hybridized carbons (Fsp3) is 0.316. The van der Waals surface area contributed by atoms with Gasteiger partial charge in [0.1, 0.15) is 5.75 Å². The van der Waals surface area contributed by atoms with E-state index in [9.17, 15) is 13.2 Å². The molecular weight excluding hydrogens is 352 g/mol. The van der Waals surface area contributed by atoms with E-state index in [1.807, 2.05) is 24.3 Å². The number of carbonyl (C=O) groups excluding carboxylic acids is 1. The van der Waals surface area contributed by atoms with E-state index in [0.717, 1.165) is 18.4 Å². The molecule has 0 unspecified atom stereocenters. The van der Waals surface area contributed by atoms with Crippen molar-refractivity contribution in [2.24, 2.45) is 0 Å². The standard InChI is InChI=1S/C19H22N2O4S/c1-2-26(23,24)21-12-6-7-15-13-16(10-11-18(15)21)20-19(22)14-25-17-8-4-3-5-9-17/h3-5,8-11,13H,2,6-7,12,14H2,1H3,(H,20,22). The number of sulfonamides is 1. The third-order valence-corrected chi connectivity index (χ3v) is 6.03. The molecule has 0 atom stereocenters. The highest BCUT2D eigenvalue weighted by atomic mass is 32.2. The number of rotatable bonds is 6. The number of fused-ring (bicyclic) bond motifs is 1. The zero-order valence-corrected chi connectivity index (χ0v) is 15.5. The van der Waals surface area contributed by atoms with Crippen LogP contribution < -0.4 is 14.4 Å². The summed E-state index contributed by atoms with van der Waals surface area (Å²) in [6, 6.07) is 14.5. The van der Waals surface area contributed by atoms with Crippen LogP contribution in [0.4, 0.5) is 11.4 Å². The minimum atomic E-state index is -3.28. The molecule has 0 aliphatic carbocycles. The van der Waals surface area contributed by atoms with E-state index in [-0.39, 0.29) is 18.3 Å².